The van der Waals surface area contributed by atoms with E-state index < -0.39 is 0 Å². The fourth-order valence-corrected chi connectivity index (χ4v) is 1.52. The monoisotopic (exact) mass is 264 g/mol. The average molecular weight is 265 g/mol. The molecule has 2 aromatic rings. The van der Waals surface area contributed by atoms with E-state index in [2.05, 4.69) is 11.1 Å². The van der Waals surface area contributed by atoms with E-state index in [1.807, 2.05) is 48.0 Å². The SMILES string of the molecule is Cc1ccccc1OC/C=C/Cn1ccnc1.Cl. The smallest absolute Gasteiger partial charge is 0.122 e. The van der Waals surface area contributed by atoms with E-state index in [0.717, 1.165) is 17.9 Å². The molecule has 1 heterocycles. The summed E-state index contributed by atoms with van der Waals surface area (Å²) in [6.07, 6.45) is 9.60. The van der Waals surface area contributed by atoms with E-state index in [9.17, 15) is 0 Å². The molecule has 0 bridgehead atoms. The molecular weight excluding hydrogens is 248 g/mol. The van der Waals surface area contributed by atoms with Crippen molar-refractivity contribution in [3.63, 3.8) is 0 Å². The first-order valence-corrected chi connectivity index (χ1v) is 5.65. The molecule has 0 atom stereocenters. The van der Waals surface area contributed by atoms with E-state index in [1.165, 1.54) is 0 Å². The predicted molar refractivity (Wildman–Crippen MR) is 75.3 cm³/mol. The molecule has 0 aliphatic heterocycles. The van der Waals surface area contributed by atoms with Crippen LogP contribution in [0.2, 0.25) is 0 Å². The van der Waals surface area contributed by atoms with Gasteiger partial charge in [-0.25, -0.2) is 4.98 Å². The summed E-state index contributed by atoms with van der Waals surface area (Å²) < 4.78 is 7.65. The molecule has 18 heavy (non-hydrogen) atoms. The van der Waals surface area contributed by atoms with E-state index in [4.69, 9.17) is 4.74 Å². The van der Waals surface area contributed by atoms with Gasteiger partial charge in [-0.15, -0.1) is 12.4 Å². The van der Waals surface area contributed by atoms with E-state index >= 15 is 0 Å². The lowest BCUT2D eigenvalue weighted by molar-refractivity contribution is 0.360. The van der Waals surface area contributed by atoms with Crippen molar-refractivity contribution >= 4 is 12.4 Å². The molecule has 0 N–H and O–H groups in total. The Hall–Kier alpha value is -1.74. The third kappa shape index (κ3) is 4.26. The average Bonchev–Trinajstić information content (AvgIpc) is 2.84. The topological polar surface area (TPSA) is 27.1 Å². The number of aryl methyl sites for hydroxylation is 1. The van der Waals surface area contributed by atoms with Crippen LogP contribution in [0, 0.1) is 6.92 Å². The summed E-state index contributed by atoms with van der Waals surface area (Å²) in [5.74, 6) is 0.944. The molecule has 0 aliphatic carbocycles. The lowest BCUT2D eigenvalue weighted by Gasteiger charge is -2.05. The summed E-state index contributed by atoms with van der Waals surface area (Å²) in [6.45, 7) is 3.47. The van der Waals surface area contributed by atoms with Crippen LogP contribution in [-0.2, 0) is 6.54 Å². The maximum absolute atomic E-state index is 5.64. The Bertz CT molecular complexity index is 480. The van der Waals surface area contributed by atoms with Crippen LogP contribution in [0.1, 0.15) is 5.56 Å². The Morgan fingerprint density at radius 1 is 1.28 bits per heavy atom. The van der Waals surface area contributed by atoms with Crippen LogP contribution in [0.25, 0.3) is 0 Å². The van der Waals surface area contributed by atoms with Crippen LogP contribution < -0.4 is 4.74 Å². The normalized spacial score (nSPS) is 10.3. The molecule has 0 saturated heterocycles. The minimum atomic E-state index is 0. The Morgan fingerprint density at radius 3 is 2.83 bits per heavy atom. The summed E-state index contributed by atoms with van der Waals surface area (Å²) in [6, 6.07) is 8.03. The first-order valence-electron chi connectivity index (χ1n) is 5.65. The van der Waals surface area contributed by atoms with Crippen molar-refractivity contribution < 1.29 is 4.74 Å². The molecular formula is C14H17ClN2O. The van der Waals surface area contributed by atoms with Gasteiger partial charge in [-0.1, -0.05) is 24.3 Å². The van der Waals surface area contributed by atoms with Crippen LogP contribution in [0.5, 0.6) is 5.75 Å². The van der Waals surface area contributed by atoms with E-state index in [-0.39, 0.29) is 12.4 Å². The van der Waals surface area contributed by atoms with Gasteiger partial charge in [0.2, 0.25) is 0 Å². The minimum absolute atomic E-state index is 0. The van der Waals surface area contributed by atoms with Gasteiger partial charge in [0.25, 0.3) is 0 Å². The van der Waals surface area contributed by atoms with Crippen molar-refractivity contribution in [2.45, 2.75) is 13.5 Å². The second-order valence-corrected chi connectivity index (χ2v) is 3.81. The van der Waals surface area contributed by atoms with Gasteiger partial charge >= 0.3 is 0 Å². The maximum Gasteiger partial charge on any atom is 0.122 e. The van der Waals surface area contributed by atoms with Gasteiger partial charge in [-0.3, -0.25) is 0 Å². The van der Waals surface area contributed by atoms with Crippen LogP contribution in [-0.4, -0.2) is 16.2 Å². The number of ether oxygens (including phenoxy) is 1. The highest BCUT2D eigenvalue weighted by Gasteiger charge is 1.94. The number of hydrogen-bond acceptors (Lipinski definition) is 2. The molecule has 0 fully saturated rings. The molecule has 0 spiro atoms. The molecule has 96 valence electrons. The van der Waals surface area contributed by atoms with Crippen LogP contribution in [0.3, 0.4) is 0 Å². The third-order valence-corrected chi connectivity index (χ3v) is 2.47. The van der Waals surface area contributed by atoms with E-state index in [1.54, 1.807) is 12.5 Å². The molecule has 4 heteroatoms. The number of allylic oxidation sites excluding steroid dienone is 1. The zero-order chi connectivity index (χ0) is 11.9. The summed E-state index contributed by atoms with van der Waals surface area (Å²) in [5.41, 5.74) is 1.16. The second kappa shape index (κ2) is 7.56. The molecule has 0 saturated carbocycles. The Labute approximate surface area is 114 Å². The second-order valence-electron chi connectivity index (χ2n) is 3.81. The number of halogens is 1. The van der Waals surface area contributed by atoms with Crippen LogP contribution >= 0.6 is 12.4 Å². The fourth-order valence-electron chi connectivity index (χ4n) is 1.52. The number of aromatic nitrogens is 2. The van der Waals surface area contributed by atoms with Gasteiger partial charge in [0.15, 0.2) is 0 Å². The quantitative estimate of drug-likeness (QED) is 0.775. The predicted octanol–water partition coefficient (Wildman–Crippen LogP) is 3.25. The van der Waals surface area contributed by atoms with E-state index in [0.29, 0.717) is 6.61 Å². The highest BCUT2D eigenvalue weighted by atomic mass is 35.5. The first-order chi connectivity index (χ1) is 8.36. The maximum atomic E-state index is 5.64. The third-order valence-electron chi connectivity index (χ3n) is 2.47. The standard InChI is InChI=1S/C14H16N2O.ClH/c1-13-6-2-3-7-14(13)17-11-5-4-9-16-10-8-15-12-16;/h2-8,10,12H,9,11H2,1H3;1H/b5-4+;. The number of imidazole rings is 1. The Morgan fingerprint density at radius 2 is 2.11 bits per heavy atom. The van der Waals surface area contributed by atoms with Crippen molar-refractivity contribution in [1.29, 1.82) is 0 Å². The van der Waals surface area contributed by atoms with Crippen molar-refractivity contribution in [1.82, 2.24) is 9.55 Å². The van der Waals surface area contributed by atoms with Crippen molar-refractivity contribution in [3.8, 4) is 5.75 Å². The lowest BCUT2D eigenvalue weighted by Crippen LogP contribution is -1.96. The summed E-state index contributed by atoms with van der Waals surface area (Å²) in [5, 5.41) is 0. The molecule has 1 aromatic carbocycles. The van der Waals surface area contributed by atoms with Gasteiger partial charge in [0, 0.05) is 18.9 Å². The number of benzene rings is 1. The molecule has 2 rings (SSSR count). The minimum Gasteiger partial charge on any atom is -0.489 e. The molecule has 0 unspecified atom stereocenters. The molecule has 1 aromatic heterocycles. The Kier molecular flexibility index (Phi) is 6.01. The van der Waals surface area contributed by atoms with Crippen molar-refractivity contribution in [2.24, 2.45) is 0 Å². The molecule has 0 amide bonds. The van der Waals surface area contributed by atoms with Crippen LogP contribution in [0.15, 0.2) is 55.1 Å². The van der Waals surface area contributed by atoms with Crippen molar-refractivity contribution in [3.05, 3.63) is 60.7 Å². The number of nitrogens with zero attached hydrogens (tertiary/aromatic N) is 2. The summed E-state index contributed by atoms with van der Waals surface area (Å²) in [4.78, 5) is 3.98. The zero-order valence-corrected chi connectivity index (χ0v) is 11.1. The molecule has 3 nitrogen and oxygen atoms in total. The molecule has 0 radical (unpaired) electrons. The Balaban J connectivity index is 0.00000162. The van der Waals surface area contributed by atoms with Gasteiger partial charge in [0.05, 0.1) is 6.33 Å². The van der Waals surface area contributed by atoms with Gasteiger partial charge in [-0.2, -0.15) is 0 Å². The highest BCUT2D eigenvalue weighted by Crippen LogP contribution is 2.15. The summed E-state index contributed by atoms with van der Waals surface area (Å²) in [7, 11) is 0. The summed E-state index contributed by atoms with van der Waals surface area (Å²) >= 11 is 0. The number of para-hydroxylation sites is 1. The van der Waals surface area contributed by atoms with Crippen molar-refractivity contribution in [2.75, 3.05) is 6.61 Å². The number of hydrogen-bond donors (Lipinski definition) is 0. The van der Waals surface area contributed by atoms with Gasteiger partial charge in [-0.05, 0) is 24.6 Å². The highest BCUT2D eigenvalue weighted by molar-refractivity contribution is 5.85. The van der Waals surface area contributed by atoms with Gasteiger partial charge in [0.1, 0.15) is 12.4 Å². The number of rotatable bonds is 5. The fraction of sp³-hybridized carbons (Fsp3) is 0.214. The van der Waals surface area contributed by atoms with Gasteiger partial charge < -0.3 is 9.30 Å². The zero-order valence-electron chi connectivity index (χ0n) is 10.3. The first kappa shape index (κ1) is 14.3. The molecule has 0 aliphatic rings. The largest absolute Gasteiger partial charge is 0.489 e. The lowest BCUT2D eigenvalue weighted by atomic mass is 10.2. The van der Waals surface area contributed by atoms with Crippen LogP contribution in [0.4, 0.5) is 0 Å².